The summed E-state index contributed by atoms with van der Waals surface area (Å²) in [7, 11) is 0. The van der Waals surface area contributed by atoms with E-state index in [1.165, 1.54) is 0 Å². The first-order valence-electron chi connectivity index (χ1n) is 7.64. The molecule has 0 bridgehead atoms. The number of rotatable bonds is 2. The van der Waals surface area contributed by atoms with Crippen LogP contribution in [0.15, 0.2) is 30.3 Å². The molecule has 0 amide bonds. The van der Waals surface area contributed by atoms with Crippen molar-refractivity contribution in [3.05, 3.63) is 35.9 Å². The van der Waals surface area contributed by atoms with Crippen LogP contribution in [0.4, 0.5) is 0 Å². The van der Waals surface area contributed by atoms with E-state index in [0.29, 0.717) is 6.54 Å². The molecule has 6 heteroatoms. The van der Waals surface area contributed by atoms with Crippen LogP contribution in [-0.4, -0.2) is 43.0 Å². The summed E-state index contributed by atoms with van der Waals surface area (Å²) in [6.45, 7) is 4.10. The van der Waals surface area contributed by atoms with Crippen LogP contribution in [0.5, 0.6) is 0 Å². The molecule has 1 aromatic rings. The lowest BCUT2D eigenvalue weighted by atomic mass is 10.0. The van der Waals surface area contributed by atoms with Crippen LogP contribution in [-0.2, 0) is 23.7 Å². The number of ether oxygens (including phenoxy) is 5. The predicted molar refractivity (Wildman–Crippen MR) is 76.7 cm³/mol. The summed E-state index contributed by atoms with van der Waals surface area (Å²) in [5.41, 5.74) is 6.82. The Hall–Kier alpha value is -1.02. The number of hydrogen-bond donors (Lipinski definition) is 1. The summed E-state index contributed by atoms with van der Waals surface area (Å²) in [6.07, 6.45) is -1.92. The van der Waals surface area contributed by atoms with Gasteiger partial charge in [0.05, 0.1) is 0 Å². The lowest BCUT2D eigenvalue weighted by Gasteiger charge is -2.39. The van der Waals surface area contributed by atoms with Crippen molar-refractivity contribution < 1.29 is 23.7 Å². The van der Waals surface area contributed by atoms with Crippen molar-refractivity contribution >= 4 is 0 Å². The maximum Gasteiger partial charge on any atom is 0.190 e. The molecule has 6 atom stereocenters. The van der Waals surface area contributed by atoms with Crippen LogP contribution in [0.25, 0.3) is 0 Å². The van der Waals surface area contributed by atoms with E-state index in [1.807, 2.05) is 44.2 Å². The minimum Gasteiger partial charge on any atom is -0.341 e. The topological polar surface area (TPSA) is 72.2 Å². The maximum absolute atomic E-state index is 6.13. The highest BCUT2D eigenvalue weighted by molar-refractivity contribution is 5.17. The first kappa shape index (κ1) is 14.6. The van der Waals surface area contributed by atoms with E-state index < -0.39 is 18.4 Å². The molecular weight excluding hydrogens is 286 g/mol. The number of fused-ring (bicyclic) bond motifs is 3. The van der Waals surface area contributed by atoms with Gasteiger partial charge in [0.1, 0.15) is 24.4 Å². The molecular formula is C16H21NO5. The lowest BCUT2D eigenvalue weighted by Crippen LogP contribution is -2.52. The molecule has 3 saturated heterocycles. The van der Waals surface area contributed by atoms with Crippen molar-refractivity contribution in [2.45, 2.75) is 56.6 Å². The molecule has 3 heterocycles. The second kappa shape index (κ2) is 5.26. The van der Waals surface area contributed by atoms with Crippen LogP contribution < -0.4 is 5.73 Å². The molecule has 0 radical (unpaired) electrons. The molecule has 1 aromatic carbocycles. The molecule has 0 saturated carbocycles. The molecule has 6 nitrogen and oxygen atoms in total. The highest BCUT2D eigenvalue weighted by Gasteiger charge is 2.59. The van der Waals surface area contributed by atoms with Crippen molar-refractivity contribution in [2.75, 3.05) is 6.54 Å². The Balaban J connectivity index is 1.59. The lowest BCUT2D eigenvalue weighted by molar-refractivity contribution is -0.307. The summed E-state index contributed by atoms with van der Waals surface area (Å²) in [5.74, 6) is -0.664. The fourth-order valence-electron chi connectivity index (χ4n) is 3.33. The Morgan fingerprint density at radius 1 is 0.955 bits per heavy atom. The van der Waals surface area contributed by atoms with Gasteiger partial charge in [0.2, 0.25) is 0 Å². The van der Waals surface area contributed by atoms with Gasteiger partial charge in [0, 0.05) is 12.1 Å². The normalized spacial score (nSPS) is 42.9. The fraction of sp³-hybridized carbons (Fsp3) is 0.625. The first-order chi connectivity index (χ1) is 10.6. The summed E-state index contributed by atoms with van der Waals surface area (Å²) in [5, 5.41) is 0. The number of benzene rings is 1. The Kier molecular flexibility index (Phi) is 3.48. The van der Waals surface area contributed by atoms with Gasteiger partial charge in [-0.05, 0) is 13.8 Å². The molecule has 3 aliphatic heterocycles. The zero-order valence-electron chi connectivity index (χ0n) is 12.7. The molecule has 2 N–H and O–H groups in total. The van der Waals surface area contributed by atoms with Gasteiger partial charge in [-0.15, -0.1) is 0 Å². The molecule has 22 heavy (non-hydrogen) atoms. The average molecular weight is 307 g/mol. The number of nitrogens with two attached hydrogens (primary N) is 1. The first-order valence-corrected chi connectivity index (χ1v) is 7.64. The summed E-state index contributed by atoms with van der Waals surface area (Å²) in [6, 6.07) is 9.82. The monoisotopic (exact) mass is 307 g/mol. The second-order valence-corrected chi connectivity index (χ2v) is 6.32. The van der Waals surface area contributed by atoms with E-state index in [1.54, 1.807) is 0 Å². The van der Waals surface area contributed by atoms with Crippen molar-refractivity contribution in [2.24, 2.45) is 5.73 Å². The van der Waals surface area contributed by atoms with Crippen LogP contribution in [0, 0.1) is 0 Å². The van der Waals surface area contributed by atoms with Crippen molar-refractivity contribution in [3.63, 3.8) is 0 Å². The summed E-state index contributed by atoms with van der Waals surface area (Å²) >= 11 is 0. The third kappa shape index (κ3) is 2.36. The quantitative estimate of drug-likeness (QED) is 0.888. The molecule has 0 aliphatic carbocycles. The Morgan fingerprint density at radius 2 is 1.73 bits per heavy atom. The van der Waals surface area contributed by atoms with Gasteiger partial charge in [-0.2, -0.15) is 0 Å². The van der Waals surface area contributed by atoms with Crippen LogP contribution in [0.3, 0.4) is 0 Å². The van der Waals surface area contributed by atoms with Crippen LogP contribution in [0.1, 0.15) is 25.7 Å². The van der Waals surface area contributed by atoms with E-state index in [2.05, 4.69) is 0 Å². The highest BCUT2D eigenvalue weighted by atomic mass is 16.9. The summed E-state index contributed by atoms with van der Waals surface area (Å²) in [4.78, 5) is 0. The second-order valence-electron chi connectivity index (χ2n) is 6.32. The third-order valence-electron chi connectivity index (χ3n) is 4.28. The van der Waals surface area contributed by atoms with Crippen molar-refractivity contribution in [1.82, 2.24) is 0 Å². The third-order valence-corrected chi connectivity index (χ3v) is 4.28. The summed E-state index contributed by atoms with van der Waals surface area (Å²) < 4.78 is 29.8. The van der Waals surface area contributed by atoms with Crippen LogP contribution in [0.2, 0.25) is 0 Å². The van der Waals surface area contributed by atoms with Gasteiger partial charge in [-0.25, -0.2) is 0 Å². The molecule has 3 fully saturated rings. The average Bonchev–Trinajstić information content (AvgIpc) is 2.99. The van der Waals surface area contributed by atoms with Gasteiger partial charge in [-0.3, -0.25) is 0 Å². The maximum atomic E-state index is 6.13. The van der Waals surface area contributed by atoms with E-state index in [0.717, 1.165) is 5.56 Å². The van der Waals surface area contributed by atoms with Gasteiger partial charge in [0.25, 0.3) is 0 Å². The SMILES string of the molecule is CC1(C)O[C@H]2O[C@H]3[C@H](O[C@@H](c4ccccc4)O[C@H]3CN)[C@H]2O1. The van der Waals surface area contributed by atoms with Gasteiger partial charge in [-0.1, -0.05) is 30.3 Å². The molecule has 120 valence electrons. The highest BCUT2D eigenvalue weighted by Crippen LogP contribution is 2.44. The Morgan fingerprint density at radius 3 is 2.45 bits per heavy atom. The Bertz CT molecular complexity index is 537. The Labute approximate surface area is 129 Å². The molecule has 4 rings (SSSR count). The zero-order chi connectivity index (χ0) is 15.3. The molecule has 3 aliphatic rings. The fourth-order valence-corrected chi connectivity index (χ4v) is 3.33. The van der Waals surface area contributed by atoms with Crippen LogP contribution >= 0.6 is 0 Å². The minimum atomic E-state index is -0.664. The standard InChI is InChI=1S/C16H21NO5/c1-16(2)21-13-12-11(19-15(13)22-16)10(8-17)18-14(20-12)9-6-4-3-5-7-9/h3-7,10-15H,8,17H2,1-2H3/t10-,11+,12-,13+,14-,15+/m0/s1. The van der Waals surface area contributed by atoms with Gasteiger partial charge in [0.15, 0.2) is 18.4 Å². The smallest absolute Gasteiger partial charge is 0.190 e. The van der Waals surface area contributed by atoms with E-state index in [9.17, 15) is 0 Å². The van der Waals surface area contributed by atoms with Crippen molar-refractivity contribution in [1.29, 1.82) is 0 Å². The van der Waals surface area contributed by atoms with E-state index in [-0.39, 0.29) is 24.4 Å². The largest absolute Gasteiger partial charge is 0.341 e. The van der Waals surface area contributed by atoms with E-state index in [4.69, 9.17) is 29.4 Å². The minimum absolute atomic E-state index is 0.245. The number of hydrogen-bond acceptors (Lipinski definition) is 6. The van der Waals surface area contributed by atoms with Gasteiger partial charge >= 0.3 is 0 Å². The van der Waals surface area contributed by atoms with Crippen molar-refractivity contribution in [3.8, 4) is 0 Å². The molecule has 0 unspecified atom stereocenters. The van der Waals surface area contributed by atoms with E-state index >= 15 is 0 Å². The molecule has 0 aromatic heterocycles. The molecule has 0 spiro atoms. The predicted octanol–water partition coefficient (Wildman–Crippen LogP) is 1.30. The van der Waals surface area contributed by atoms with Gasteiger partial charge < -0.3 is 29.4 Å². The zero-order valence-corrected chi connectivity index (χ0v) is 12.7.